The van der Waals surface area contributed by atoms with E-state index in [-0.39, 0.29) is 31.0 Å². The standard InChI is InChI=1S/C26H30ClF2N3O3/c1-30-11-13-31(14-12-30)24(33)16-26(18-35-21-6-3-19(27)4-7-21)9-2-10-32(17-26)25(34)22-8-5-20(28)15-23(22)29/h3-8,15H,2,9-14,16-18H2,1H3/t26-/m0/s1. The van der Waals surface area contributed by atoms with Crippen LogP contribution in [0.25, 0.3) is 0 Å². The van der Waals surface area contributed by atoms with Crippen molar-refractivity contribution in [2.75, 3.05) is 52.9 Å². The van der Waals surface area contributed by atoms with Gasteiger partial charge in [-0.05, 0) is 56.3 Å². The molecule has 0 saturated carbocycles. The van der Waals surface area contributed by atoms with Crippen molar-refractivity contribution in [3.8, 4) is 5.75 Å². The lowest BCUT2D eigenvalue weighted by Gasteiger charge is -2.43. The third-order valence-electron chi connectivity index (χ3n) is 6.85. The van der Waals surface area contributed by atoms with E-state index in [9.17, 15) is 18.4 Å². The van der Waals surface area contributed by atoms with Crippen molar-refractivity contribution in [3.05, 3.63) is 64.7 Å². The van der Waals surface area contributed by atoms with Gasteiger partial charge in [-0.2, -0.15) is 0 Å². The first-order valence-corrected chi connectivity index (χ1v) is 12.2. The Hall–Kier alpha value is -2.71. The second-order valence-electron chi connectivity index (χ2n) is 9.56. The van der Waals surface area contributed by atoms with Crippen LogP contribution >= 0.6 is 11.6 Å². The number of ether oxygens (including phenoxy) is 1. The van der Waals surface area contributed by atoms with Crippen molar-refractivity contribution in [2.24, 2.45) is 5.41 Å². The lowest BCUT2D eigenvalue weighted by atomic mass is 9.77. The summed E-state index contributed by atoms with van der Waals surface area (Å²) in [6, 6.07) is 9.94. The third kappa shape index (κ3) is 6.30. The molecule has 0 aromatic heterocycles. The van der Waals surface area contributed by atoms with Gasteiger partial charge in [0.2, 0.25) is 5.91 Å². The van der Waals surface area contributed by atoms with Crippen LogP contribution in [0.3, 0.4) is 0 Å². The van der Waals surface area contributed by atoms with Gasteiger partial charge in [0.25, 0.3) is 5.91 Å². The molecule has 2 fully saturated rings. The van der Waals surface area contributed by atoms with Crippen LogP contribution in [0, 0.1) is 17.0 Å². The highest BCUT2D eigenvalue weighted by atomic mass is 35.5. The number of piperidine rings is 1. The second kappa shape index (κ2) is 10.9. The average molecular weight is 506 g/mol. The normalized spacial score (nSPS) is 21.1. The van der Waals surface area contributed by atoms with Crippen molar-refractivity contribution in [3.63, 3.8) is 0 Å². The molecular weight excluding hydrogens is 476 g/mol. The van der Waals surface area contributed by atoms with Gasteiger partial charge in [-0.15, -0.1) is 0 Å². The maximum atomic E-state index is 14.3. The van der Waals surface area contributed by atoms with Gasteiger partial charge in [0.15, 0.2) is 0 Å². The van der Waals surface area contributed by atoms with E-state index in [2.05, 4.69) is 4.90 Å². The average Bonchev–Trinajstić information content (AvgIpc) is 2.84. The predicted octanol–water partition coefficient (Wildman–Crippen LogP) is 4.08. The fourth-order valence-corrected chi connectivity index (χ4v) is 4.91. The number of nitrogens with zero attached hydrogens (tertiary/aromatic N) is 3. The van der Waals surface area contributed by atoms with Gasteiger partial charge in [-0.3, -0.25) is 9.59 Å². The summed E-state index contributed by atoms with van der Waals surface area (Å²) >= 11 is 5.98. The van der Waals surface area contributed by atoms with Crippen molar-refractivity contribution < 1.29 is 23.1 Å². The molecule has 2 saturated heterocycles. The van der Waals surface area contributed by atoms with Gasteiger partial charge >= 0.3 is 0 Å². The van der Waals surface area contributed by atoms with E-state index in [1.807, 2.05) is 11.9 Å². The Morgan fingerprint density at radius 1 is 1.00 bits per heavy atom. The molecule has 4 rings (SSSR count). The van der Waals surface area contributed by atoms with Gasteiger partial charge in [-0.25, -0.2) is 8.78 Å². The van der Waals surface area contributed by atoms with Crippen molar-refractivity contribution >= 4 is 23.4 Å². The largest absolute Gasteiger partial charge is 0.493 e. The Morgan fingerprint density at radius 2 is 1.71 bits per heavy atom. The number of benzene rings is 2. The molecule has 6 nitrogen and oxygen atoms in total. The van der Waals surface area contributed by atoms with Crippen molar-refractivity contribution in [1.29, 1.82) is 0 Å². The van der Waals surface area contributed by atoms with E-state index in [0.29, 0.717) is 49.3 Å². The molecule has 2 aromatic rings. The van der Waals surface area contributed by atoms with Crippen LogP contribution in [0.15, 0.2) is 42.5 Å². The van der Waals surface area contributed by atoms with Crippen LogP contribution < -0.4 is 4.74 Å². The maximum Gasteiger partial charge on any atom is 0.256 e. The molecule has 0 bridgehead atoms. The molecule has 0 radical (unpaired) electrons. The second-order valence-corrected chi connectivity index (χ2v) is 9.99. The molecule has 2 aromatic carbocycles. The fraction of sp³-hybridized carbons (Fsp3) is 0.462. The Labute approximate surface area is 209 Å². The summed E-state index contributed by atoms with van der Waals surface area (Å²) in [6.45, 7) is 3.85. The minimum atomic E-state index is -0.892. The zero-order chi connectivity index (χ0) is 25.0. The maximum absolute atomic E-state index is 14.3. The van der Waals surface area contributed by atoms with E-state index < -0.39 is 23.0 Å². The van der Waals surface area contributed by atoms with Crippen molar-refractivity contribution in [1.82, 2.24) is 14.7 Å². The van der Waals surface area contributed by atoms with Crippen LogP contribution in [-0.2, 0) is 4.79 Å². The number of hydrogen-bond acceptors (Lipinski definition) is 4. The van der Waals surface area contributed by atoms with E-state index >= 15 is 0 Å². The highest BCUT2D eigenvalue weighted by Gasteiger charge is 2.41. The monoisotopic (exact) mass is 505 g/mol. The molecule has 2 amide bonds. The SMILES string of the molecule is CN1CCN(C(=O)C[C@@]2(COc3ccc(Cl)cc3)CCCN(C(=O)c3ccc(F)cc3F)C2)CC1. The van der Waals surface area contributed by atoms with Crippen LogP contribution in [0.2, 0.25) is 5.02 Å². The van der Waals surface area contributed by atoms with Crippen LogP contribution in [-0.4, -0.2) is 79.4 Å². The summed E-state index contributed by atoms with van der Waals surface area (Å²) in [5.41, 5.74) is -0.809. The smallest absolute Gasteiger partial charge is 0.256 e. The number of likely N-dealkylation sites (N-methyl/N-ethyl adjacent to an activating group) is 1. The highest BCUT2D eigenvalue weighted by Crippen LogP contribution is 2.36. The van der Waals surface area contributed by atoms with E-state index in [4.69, 9.17) is 16.3 Å². The third-order valence-corrected chi connectivity index (χ3v) is 7.10. The molecule has 9 heteroatoms. The molecule has 0 spiro atoms. The minimum Gasteiger partial charge on any atom is -0.493 e. The zero-order valence-corrected chi connectivity index (χ0v) is 20.6. The Morgan fingerprint density at radius 3 is 2.40 bits per heavy atom. The number of rotatable bonds is 6. The number of carbonyl (C=O) groups excluding carboxylic acids is 2. The van der Waals surface area contributed by atoms with Gasteiger partial charge < -0.3 is 19.4 Å². The van der Waals surface area contributed by atoms with E-state index in [1.54, 1.807) is 29.2 Å². The molecule has 2 aliphatic rings. The summed E-state index contributed by atoms with van der Waals surface area (Å²) in [6.07, 6.45) is 1.56. The highest BCUT2D eigenvalue weighted by molar-refractivity contribution is 6.30. The number of hydrogen-bond donors (Lipinski definition) is 0. The summed E-state index contributed by atoms with van der Waals surface area (Å²) in [4.78, 5) is 32.1. The van der Waals surface area contributed by atoms with Crippen molar-refractivity contribution in [2.45, 2.75) is 19.3 Å². The van der Waals surface area contributed by atoms with Crippen LogP contribution in [0.5, 0.6) is 5.75 Å². The van der Waals surface area contributed by atoms with Gasteiger partial charge in [0.1, 0.15) is 17.4 Å². The summed E-state index contributed by atoms with van der Waals surface area (Å²) in [5, 5.41) is 0.591. The molecule has 0 unspecified atom stereocenters. The molecule has 2 aliphatic heterocycles. The number of carbonyl (C=O) groups is 2. The Balaban J connectivity index is 1.54. The van der Waals surface area contributed by atoms with Gasteiger partial charge in [0.05, 0.1) is 12.2 Å². The summed E-state index contributed by atoms with van der Waals surface area (Å²) in [5.74, 6) is -1.49. The van der Waals surface area contributed by atoms with E-state index in [1.165, 1.54) is 6.07 Å². The lowest BCUT2D eigenvalue weighted by molar-refractivity contribution is -0.137. The van der Waals surface area contributed by atoms with Crippen LogP contribution in [0.4, 0.5) is 8.78 Å². The number of halogens is 3. The Kier molecular flexibility index (Phi) is 7.91. The molecule has 188 valence electrons. The quantitative estimate of drug-likeness (QED) is 0.593. The van der Waals surface area contributed by atoms with Gasteiger partial charge in [-0.1, -0.05) is 11.6 Å². The predicted molar refractivity (Wildman–Crippen MR) is 130 cm³/mol. The molecule has 0 N–H and O–H groups in total. The van der Waals surface area contributed by atoms with Crippen LogP contribution in [0.1, 0.15) is 29.6 Å². The first-order valence-electron chi connectivity index (χ1n) is 11.8. The molecular formula is C26H30ClF2N3O3. The first kappa shape index (κ1) is 25.4. The number of piperazine rings is 1. The minimum absolute atomic E-state index is 0.0278. The molecule has 35 heavy (non-hydrogen) atoms. The summed E-state index contributed by atoms with van der Waals surface area (Å²) in [7, 11) is 2.03. The number of amides is 2. The first-order chi connectivity index (χ1) is 16.7. The zero-order valence-electron chi connectivity index (χ0n) is 19.8. The van der Waals surface area contributed by atoms with Gasteiger partial charge in [0, 0.05) is 62.2 Å². The van der Waals surface area contributed by atoms with E-state index in [0.717, 1.165) is 19.2 Å². The molecule has 2 heterocycles. The summed E-state index contributed by atoms with van der Waals surface area (Å²) < 4.78 is 33.8. The topological polar surface area (TPSA) is 53.1 Å². The lowest BCUT2D eigenvalue weighted by Crippen LogP contribution is -2.53. The fourth-order valence-electron chi connectivity index (χ4n) is 4.78. The molecule has 0 aliphatic carbocycles. The molecule has 1 atom stereocenters. The number of likely N-dealkylation sites (tertiary alicyclic amines) is 1. The Bertz CT molecular complexity index is 1060.